The van der Waals surface area contributed by atoms with Crippen molar-refractivity contribution < 1.29 is 9.84 Å². The predicted molar refractivity (Wildman–Crippen MR) is 158 cm³/mol. The number of allylic oxidation sites excluding steroid dienone is 3. The molecular weight excluding hydrogens is 454 g/mol. The molecular formula is C34H43NO2. The molecule has 3 aromatic rings. The van der Waals surface area contributed by atoms with Gasteiger partial charge in [-0.05, 0) is 73.3 Å². The van der Waals surface area contributed by atoms with Gasteiger partial charge in [0.2, 0.25) is 0 Å². The molecule has 0 aliphatic rings. The third-order valence-corrected chi connectivity index (χ3v) is 6.43. The summed E-state index contributed by atoms with van der Waals surface area (Å²) in [6, 6.07) is 29.9. The van der Waals surface area contributed by atoms with Gasteiger partial charge in [0.25, 0.3) is 0 Å². The smallest absolute Gasteiger partial charge is 0.119 e. The van der Waals surface area contributed by atoms with Crippen LogP contribution in [0.4, 0.5) is 0 Å². The third-order valence-electron chi connectivity index (χ3n) is 6.43. The molecule has 0 saturated heterocycles. The van der Waals surface area contributed by atoms with Crippen molar-refractivity contribution in [3.8, 4) is 5.75 Å². The molecule has 0 heterocycles. The summed E-state index contributed by atoms with van der Waals surface area (Å²) in [6.07, 6.45) is 12.7. The monoisotopic (exact) mass is 497 g/mol. The predicted octanol–water partition coefficient (Wildman–Crippen LogP) is 7.87. The van der Waals surface area contributed by atoms with Gasteiger partial charge >= 0.3 is 0 Å². The molecule has 3 aromatic carbocycles. The van der Waals surface area contributed by atoms with Crippen LogP contribution < -0.4 is 4.74 Å². The molecule has 1 N–H and O–H groups in total. The van der Waals surface area contributed by atoms with Gasteiger partial charge in [0, 0.05) is 13.2 Å². The molecule has 0 amide bonds. The molecule has 0 fully saturated rings. The van der Waals surface area contributed by atoms with Crippen LogP contribution >= 0.6 is 0 Å². The van der Waals surface area contributed by atoms with Gasteiger partial charge in [-0.3, -0.25) is 0 Å². The van der Waals surface area contributed by atoms with Gasteiger partial charge in [-0.2, -0.15) is 0 Å². The van der Waals surface area contributed by atoms with E-state index in [0.29, 0.717) is 13.2 Å². The minimum absolute atomic E-state index is 0.313. The number of hydrogen-bond donors (Lipinski definition) is 1. The Balaban J connectivity index is 1.86. The van der Waals surface area contributed by atoms with Gasteiger partial charge in [0.15, 0.2) is 0 Å². The van der Waals surface area contributed by atoms with E-state index < -0.39 is 0 Å². The molecule has 0 atom stereocenters. The van der Waals surface area contributed by atoms with Crippen LogP contribution in [0.25, 0.3) is 11.1 Å². The quantitative estimate of drug-likeness (QED) is 0.124. The van der Waals surface area contributed by atoms with Crippen LogP contribution in [-0.2, 0) is 0 Å². The second-order valence-electron chi connectivity index (χ2n) is 9.73. The van der Waals surface area contributed by atoms with Crippen LogP contribution in [0.1, 0.15) is 61.6 Å². The van der Waals surface area contributed by atoms with E-state index in [1.54, 1.807) is 0 Å². The van der Waals surface area contributed by atoms with Crippen LogP contribution in [0.15, 0.2) is 97.1 Å². The van der Waals surface area contributed by atoms with E-state index in [9.17, 15) is 0 Å². The van der Waals surface area contributed by atoms with E-state index in [4.69, 9.17) is 9.84 Å². The number of rotatable bonds is 16. The number of aliphatic hydroxyl groups is 1. The molecule has 0 radical (unpaired) electrons. The first-order valence-electron chi connectivity index (χ1n) is 13.7. The zero-order valence-electron chi connectivity index (χ0n) is 22.6. The maximum Gasteiger partial charge on any atom is 0.119 e. The molecule has 0 aromatic heterocycles. The van der Waals surface area contributed by atoms with E-state index in [2.05, 4.69) is 116 Å². The first-order chi connectivity index (χ1) is 18.2. The Morgan fingerprint density at radius 3 is 1.89 bits per heavy atom. The Hall–Kier alpha value is -3.14. The Kier molecular flexibility index (Phi) is 12.7. The topological polar surface area (TPSA) is 32.7 Å². The molecule has 3 rings (SSSR count). The van der Waals surface area contributed by atoms with E-state index in [0.717, 1.165) is 31.6 Å². The third kappa shape index (κ3) is 10.0. The van der Waals surface area contributed by atoms with Crippen molar-refractivity contribution in [1.29, 1.82) is 0 Å². The number of ether oxygens (including phenoxy) is 1. The van der Waals surface area contributed by atoms with Crippen molar-refractivity contribution in [1.82, 2.24) is 4.90 Å². The average Bonchev–Trinajstić information content (AvgIpc) is 2.93. The van der Waals surface area contributed by atoms with Gasteiger partial charge in [0.05, 0.1) is 0 Å². The van der Waals surface area contributed by atoms with E-state index in [1.807, 2.05) is 0 Å². The number of unbranched alkanes of at least 4 members (excludes halogenated alkanes) is 6. The number of hydrogen-bond acceptors (Lipinski definition) is 3. The van der Waals surface area contributed by atoms with Gasteiger partial charge < -0.3 is 14.7 Å². The lowest BCUT2D eigenvalue weighted by atomic mass is 9.89. The Bertz CT molecular complexity index is 1070. The summed E-state index contributed by atoms with van der Waals surface area (Å²) < 4.78 is 5.95. The molecule has 3 nitrogen and oxygen atoms in total. The van der Waals surface area contributed by atoms with Crippen molar-refractivity contribution >= 4 is 11.1 Å². The summed E-state index contributed by atoms with van der Waals surface area (Å²) in [7, 11) is 4.11. The van der Waals surface area contributed by atoms with Gasteiger partial charge in [0.1, 0.15) is 12.4 Å². The lowest BCUT2D eigenvalue weighted by Crippen LogP contribution is -2.19. The molecule has 3 heteroatoms. The fourth-order valence-corrected chi connectivity index (χ4v) is 4.37. The Morgan fingerprint density at radius 1 is 0.703 bits per heavy atom. The van der Waals surface area contributed by atoms with Crippen molar-refractivity contribution in [2.45, 2.75) is 44.9 Å². The molecule has 0 aliphatic heterocycles. The molecule has 0 bridgehead atoms. The molecule has 0 saturated carbocycles. The van der Waals surface area contributed by atoms with Crippen LogP contribution in [0, 0.1) is 0 Å². The summed E-state index contributed by atoms with van der Waals surface area (Å²) >= 11 is 0. The van der Waals surface area contributed by atoms with Gasteiger partial charge in [-0.1, -0.05) is 111 Å². The minimum Gasteiger partial charge on any atom is -0.492 e. The van der Waals surface area contributed by atoms with Crippen LogP contribution in [-0.4, -0.2) is 43.9 Å². The van der Waals surface area contributed by atoms with Crippen LogP contribution in [0.5, 0.6) is 5.75 Å². The van der Waals surface area contributed by atoms with Crippen molar-refractivity contribution in [3.63, 3.8) is 0 Å². The van der Waals surface area contributed by atoms with E-state index in [1.165, 1.54) is 53.5 Å². The van der Waals surface area contributed by atoms with E-state index in [-0.39, 0.29) is 0 Å². The second kappa shape index (κ2) is 16.6. The van der Waals surface area contributed by atoms with Gasteiger partial charge in [-0.25, -0.2) is 0 Å². The highest BCUT2D eigenvalue weighted by Crippen LogP contribution is 2.34. The van der Waals surface area contributed by atoms with Crippen molar-refractivity contribution in [2.24, 2.45) is 0 Å². The van der Waals surface area contributed by atoms with Crippen LogP contribution in [0.2, 0.25) is 0 Å². The first-order valence-corrected chi connectivity index (χ1v) is 13.7. The number of nitrogens with zero attached hydrogens (tertiary/aromatic N) is 1. The normalized spacial score (nSPS) is 12.2. The Labute approximate surface area is 224 Å². The highest BCUT2D eigenvalue weighted by atomic mass is 16.5. The van der Waals surface area contributed by atoms with Crippen molar-refractivity contribution in [3.05, 3.63) is 114 Å². The summed E-state index contributed by atoms with van der Waals surface area (Å²) in [6.45, 7) is 1.88. The SMILES string of the molecule is CN(C)CCOc1ccc(/C(=C(/C=C\CCCCCCCCO)c2ccccc2)c2ccccc2)cc1. The summed E-state index contributed by atoms with van der Waals surface area (Å²) in [5, 5.41) is 8.94. The molecule has 196 valence electrons. The van der Waals surface area contributed by atoms with Crippen molar-refractivity contribution in [2.75, 3.05) is 33.9 Å². The largest absolute Gasteiger partial charge is 0.492 e. The maximum absolute atomic E-state index is 8.94. The zero-order valence-corrected chi connectivity index (χ0v) is 22.6. The molecule has 0 unspecified atom stereocenters. The fraction of sp³-hybridized carbons (Fsp3) is 0.353. The first kappa shape index (κ1) is 28.4. The highest BCUT2D eigenvalue weighted by Gasteiger charge is 2.12. The Morgan fingerprint density at radius 2 is 1.27 bits per heavy atom. The highest BCUT2D eigenvalue weighted by molar-refractivity contribution is 6.02. The summed E-state index contributed by atoms with van der Waals surface area (Å²) in [4.78, 5) is 2.13. The summed E-state index contributed by atoms with van der Waals surface area (Å²) in [5.41, 5.74) is 6.06. The molecule has 0 spiro atoms. The number of aliphatic hydroxyl groups excluding tert-OH is 1. The van der Waals surface area contributed by atoms with Gasteiger partial charge in [-0.15, -0.1) is 0 Å². The average molecular weight is 498 g/mol. The second-order valence-corrected chi connectivity index (χ2v) is 9.73. The standard InChI is InChI=1S/C34H43NO2/c1-35(2)26-28-37-32-24-22-31(23-25-32)34(30-19-13-10-14-20-30)33(29-17-11-9-12-18-29)21-15-7-5-3-4-6-8-16-27-36/h9-15,17-25,36H,3-8,16,26-28H2,1-2H3/b21-15-,34-33-. The van der Waals surface area contributed by atoms with E-state index >= 15 is 0 Å². The lowest BCUT2D eigenvalue weighted by Gasteiger charge is -2.16. The zero-order chi connectivity index (χ0) is 26.1. The maximum atomic E-state index is 8.94. The molecule has 37 heavy (non-hydrogen) atoms. The lowest BCUT2D eigenvalue weighted by molar-refractivity contribution is 0.261. The molecule has 0 aliphatic carbocycles. The number of likely N-dealkylation sites (N-methyl/N-ethyl adjacent to an activating group) is 1. The summed E-state index contributed by atoms with van der Waals surface area (Å²) in [5.74, 6) is 0.897. The van der Waals surface area contributed by atoms with Crippen LogP contribution in [0.3, 0.4) is 0 Å². The fourth-order valence-electron chi connectivity index (χ4n) is 4.37. The number of benzene rings is 3. The minimum atomic E-state index is 0.313.